The Morgan fingerprint density at radius 1 is 1.00 bits per heavy atom. The van der Waals surface area contributed by atoms with E-state index < -0.39 is 17.3 Å². The molecule has 0 fully saturated rings. The Kier molecular flexibility index (Phi) is 5.66. The van der Waals surface area contributed by atoms with Crippen LogP contribution in [0.5, 0.6) is 0 Å². The molecule has 3 aromatic carbocycles. The Balaban J connectivity index is 1.38. The number of hydrogen-bond donors (Lipinski definition) is 2. The Hall–Kier alpha value is -5.10. The number of pyridine rings is 1. The van der Waals surface area contributed by atoms with Crippen LogP contribution in [0, 0.1) is 25.2 Å². The normalized spacial score (nSPS) is 11.9. The van der Waals surface area contributed by atoms with E-state index in [0.29, 0.717) is 33.5 Å². The summed E-state index contributed by atoms with van der Waals surface area (Å²) < 4.78 is 46.7. The molecule has 0 aliphatic heterocycles. The number of nitrogen functional groups attached to an aromatic ring is 1. The van der Waals surface area contributed by atoms with Crippen molar-refractivity contribution in [2.75, 3.05) is 5.73 Å². The van der Waals surface area contributed by atoms with Crippen LogP contribution in [0.2, 0.25) is 0 Å². The largest absolute Gasteiger partial charge is 0.455 e. The van der Waals surface area contributed by atoms with Gasteiger partial charge in [0.15, 0.2) is 0 Å². The molecule has 198 valence electrons. The number of aryl methyl sites for hydroxylation is 2. The molecule has 6 aromatic rings. The van der Waals surface area contributed by atoms with Gasteiger partial charge in [0.1, 0.15) is 23.1 Å². The third-order valence-electron chi connectivity index (χ3n) is 7.28. The molecular formula is C31H21F3N4O2. The van der Waals surface area contributed by atoms with Gasteiger partial charge in [-0.3, -0.25) is 4.79 Å². The van der Waals surface area contributed by atoms with Gasteiger partial charge in [0.05, 0.1) is 11.1 Å². The topological polar surface area (TPSA) is 105 Å². The minimum atomic E-state index is -4.65. The molecule has 0 saturated heterocycles. The van der Waals surface area contributed by atoms with Crippen LogP contribution < -0.4 is 11.1 Å². The summed E-state index contributed by atoms with van der Waals surface area (Å²) in [7, 11) is 0. The zero-order valence-electron chi connectivity index (χ0n) is 21.4. The quantitative estimate of drug-likeness (QED) is 0.230. The summed E-state index contributed by atoms with van der Waals surface area (Å²) >= 11 is 0. The molecule has 0 radical (unpaired) electrons. The fourth-order valence-electron chi connectivity index (χ4n) is 5.36. The van der Waals surface area contributed by atoms with Crippen LogP contribution in [0.3, 0.4) is 0 Å². The van der Waals surface area contributed by atoms with E-state index in [9.17, 15) is 23.2 Å². The second-order valence-corrected chi connectivity index (χ2v) is 9.73. The number of nitriles is 1. The summed E-state index contributed by atoms with van der Waals surface area (Å²) in [4.78, 5) is 17.3. The van der Waals surface area contributed by atoms with Crippen molar-refractivity contribution in [3.05, 3.63) is 94.2 Å². The number of alkyl halides is 3. The van der Waals surface area contributed by atoms with Gasteiger partial charge in [0.2, 0.25) is 0 Å². The molecule has 0 spiro atoms. The third kappa shape index (κ3) is 3.96. The molecule has 3 aromatic heterocycles. The lowest BCUT2D eigenvalue weighted by atomic mass is 9.93. The Labute approximate surface area is 226 Å². The van der Waals surface area contributed by atoms with Crippen molar-refractivity contribution in [3.63, 3.8) is 0 Å². The van der Waals surface area contributed by atoms with Gasteiger partial charge in [-0.2, -0.15) is 18.4 Å². The molecule has 0 atom stereocenters. The monoisotopic (exact) mass is 538 g/mol. The summed E-state index contributed by atoms with van der Waals surface area (Å²) in [6.07, 6.45) is -4.65. The van der Waals surface area contributed by atoms with Gasteiger partial charge in [-0.1, -0.05) is 18.2 Å². The van der Waals surface area contributed by atoms with E-state index in [1.54, 1.807) is 42.5 Å². The second kappa shape index (κ2) is 8.99. The van der Waals surface area contributed by atoms with Crippen LogP contribution in [0.15, 0.2) is 65.1 Å². The van der Waals surface area contributed by atoms with E-state index in [1.807, 2.05) is 19.9 Å². The molecule has 0 saturated carbocycles. The highest BCUT2D eigenvalue weighted by Gasteiger charge is 2.34. The Morgan fingerprint density at radius 3 is 2.40 bits per heavy atom. The predicted octanol–water partition coefficient (Wildman–Crippen LogP) is 7.26. The molecule has 9 heteroatoms. The van der Waals surface area contributed by atoms with Crippen molar-refractivity contribution in [1.82, 2.24) is 10.3 Å². The van der Waals surface area contributed by atoms with Crippen LogP contribution in [0.4, 0.5) is 19.0 Å². The molecular weight excluding hydrogens is 517 g/mol. The SMILES string of the molecule is Cc1cc(N)nc(C)c1CNC(=O)c1ccc2c(c1)c1oc2c2ccc(-c3cccc(C(F)(F)F)c3C#N)cc21. The van der Waals surface area contributed by atoms with Gasteiger partial charge in [-0.25, -0.2) is 4.98 Å². The van der Waals surface area contributed by atoms with Gasteiger partial charge in [0, 0.05) is 44.9 Å². The number of benzene rings is 4. The van der Waals surface area contributed by atoms with Gasteiger partial charge < -0.3 is 15.5 Å². The number of hydrogen-bond acceptors (Lipinski definition) is 5. The standard InChI is InChI=1S/C31H21F3N4O2/c1-15-10-27(36)38-16(2)25(15)14-37-30(39)18-7-9-21-23(12-18)29-22-11-17(6-8-20(22)28(21)40-29)19-4-3-5-26(24(19)13-35)31(32,33)34/h3-12H,14H2,1-2H3,(H2,36,38)(H,37,39). The number of carbonyl (C=O) groups excluding carboxylic acids is 1. The van der Waals surface area contributed by atoms with Gasteiger partial charge in [-0.05, 0) is 73.0 Å². The average molecular weight is 539 g/mol. The molecule has 0 unspecified atom stereocenters. The van der Waals surface area contributed by atoms with Crippen LogP contribution in [-0.2, 0) is 12.7 Å². The number of rotatable bonds is 4. The van der Waals surface area contributed by atoms with Gasteiger partial charge in [-0.15, -0.1) is 0 Å². The number of anilines is 1. The molecule has 6 nitrogen and oxygen atoms in total. The lowest BCUT2D eigenvalue weighted by Gasteiger charge is -2.13. The number of furan rings is 2. The van der Waals surface area contributed by atoms with Crippen LogP contribution in [-0.4, -0.2) is 10.9 Å². The van der Waals surface area contributed by atoms with Crippen molar-refractivity contribution >= 4 is 44.4 Å². The first-order valence-electron chi connectivity index (χ1n) is 12.4. The summed E-state index contributed by atoms with van der Waals surface area (Å²) in [5.41, 5.74) is 9.19. The zero-order valence-corrected chi connectivity index (χ0v) is 21.4. The lowest BCUT2D eigenvalue weighted by Crippen LogP contribution is -2.24. The summed E-state index contributed by atoms with van der Waals surface area (Å²) in [6, 6.07) is 17.7. The van der Waals surface area contributed by atoms with Crippen molar-refractivity contribution in [2.24, 2.45) is 0 Å². The minimum absolute atomic E-state index is 0.185. The number of fused-ring (bicyclic) bond motifs is 8. The van der Waals surface area contributed by atoms with E-state index in [1.165, 1.54) is 12.1 Å². The molecule has 0 aliphatic rings. The van der Waals surface area contributed by atoms with Crippen LogP contribution >= 0.6 is 0 Å². The first-order valence-corrected chi connectivity index (χ1v) is 12.4. The lowest BCUT2D eigenvalue weighted by molar-refractivity contribution is -0.137. The summed E-state index contributed by atoms with van der Waals surface area (Å²) in [6.45, 7) is 4.04. The number of carbonyl (C=O) groups is 1. The molecule has 0 aliphatic carbocycles. The summed E-state index contributed by atoms with van der Waals surface area (Å²) in [5, 5.41) is 15.5. The number of aromatic nitrogens is 1. The number of halogens is 3. The van der Waals surface area contributed by atoms with E-state index in [4.69, 9.17) is 10.2 Å². The highest BCUT2D eigenvalue weighted by atomic mass is 19.4. The first kappa shape index (κ1) is 25.2. The van der Waals surface area contributed by atoms with E-state index >= 15 is 0 Å². The average Bonchev–Trinajstić information content (AvgIpc) is 3.48. The van der Waals surface area contributed by atoms with Gasteiger partial charge in [0.25, 0.3) is 5.91 Å². The summed E-state index contributed by atoms with van der Waals surface area (Å²) in [5.74, 6) is 0.150. The Morgan fingerprint density at radius 2 is 1.70 bits per heavy atom. The fourth-order valence-corrected chi connectivity index (χ4v) is 5.36. The maximum atomic E-state index is 13.5. The van der Waals surface area contributed by atoms with Crippen molar-refractivity contribution in [3.8, 4) is 17.2 Å². The highest BCUT2D eigenvalue weighted by Crippen LogP contribution is 2.43. The van der Waals surface area contributed by atoms with Crippen molar-refractivity contribution in [1.29, 1.82) is 5.26 Å². The van der Waals surface area contributed by atoms with Crippen molar-refractivity contribution in [2.45, 2.75) is 26.6 Å². The van der Waals surface area contributed by atoms with E-state index in [0.717, 1.165) is 39.0 Å². The highest BCUT2D eigenvalue weighted by molar-refractivity contribution is 6.26. The molecule has 1 amide bonds. The second-order valence-electron chi connectivity index (χ2n) is 9.73. The first-order chi connectivity index (χ1) is 19.1. The van der Waals surface area contributed by atoms with Crippen LogP contribution in [0.25, 0.3) is 43.8 Å². The predicted molar refractivity (Wildman–Crippen MR) is 147 cm³/mol. The number of nitrogens with two attached hydrogens (primary N) is 1. The smallest absolute Gasteiger partial charge is 0.417 e. The molecule has 3 heterocycles. The molecule has 2 bridgehead atoms. The number of nitrogens with one attached hydrogen (secondary N) is 1. The van der Waals surface area contributed by atoms with E-state index in [2.05, 4.69) is 10.3 Å². The molecule has 3 N–H and O–H groups in total. The fraction of sp³-hybridized carbons (Fsp3) is 0.129. The number of nitrogens with zero attached hydrogens (tertiary/aromatic N) is 2. The minimum Gasteiger partial charge on any atom is -0.455 e. The zero-order chi connectivity index (χ0) is 28.3. The van der Waals surface area contributed by atoms with E-state index in [-0.39, 0.29) is 18.0 Å². The van der Waals surface area contributed by atoms with Gasteiger partial charge >= 0.3 is 6.18 Å². The Bertz CT molecular complexity index is 2000. The molecule has 40 heavy (non-hydrogen) atoms. The molecule has 6 rings (SSSR count). The number of amides is 1. The third-order valence-corrected chi connectivity index (χ3v) is 7.28. The maximum absolute atomic E-state index is 13.5. The van der Waals surface area contributed by atoms with Crippen molar-refractivity contribution < 1.29 is 22.4 Å². The maximum Gasteiger partial charge on any atom is 0.417 e. The van der Waals surface area contributed by atoms with Crippen LogP contribution in [0.1, 0.15) is 38.3 Å².